The van der Waals surface area contributed by atoms with E-state index in [2.05, 4.69) is 73.0 Å². The highest BCUT2D eigenvalue weighted by Gasteiger charge is 2.50. The molecule has 0 unspecified atom stereocenters. The number of carbonyl (C=O) groups is 1. The molecule has 2 aliphatic heterocycles. The molecule has 2 amide bonds. The molecule has 2 N–H and O–H groups in total. The van der Waals surface area contributed by atoms with Crippen LogP contribution in [-0.2, 0) is 35.2 Å². The lowest BCUT2D eigenvalue weighted by molar-refractivity contribution is -0.150. The van der Waals surface area contributed by atoms with Crippen LogP contribution < -0.4 is 10.6 Å². The number of rotatable bonds is 6. The Labute approximate surface area is 185 Å². The first kappa shape index (κ1) is 21.8. The predicted octanol–water partition coefficient (Wildman–Crippen LogP) is 4.17. The van der Waals surface area contributed by atoms with Crippen LogP contribution in [0.3, 0.4) is 0 Å². The van der Waals surface area contributed by atoms with Gasteiger partial charge < -0.3 is 20.1 Å². The van der Waals surface area contributed by atoms with Gasteiger partial charge in [0.1, 0.15) is 12.2 Å². The lowest BCUT2D eigenvalue weighted by Crippen LogP contribution is -2.47. The van der Waals surface area contributed by atoms with E-state index in [9.17, 15) is 4.79 Å². The van der Waals surface area contributed by atoms with Gasteiger partial charge in [0.2, 0.25) is 0 Å². The fourth-order valence-corrected chi connectivity index (χ4v) is 4.65. The van der Waals surface area contributed by atoms with Gasteiger partial charge in [0.05, 0.1) is 12.1 Å². The summed E-state index contributed by atoms with van der Waals surface area (Å²) in [5.74, 6) is -0.687. The minimum Gasteiger partial charge on any atom is -0.342 e. The summed E-state index contributed by atoms with van der Waals surface area (Å²) in [6, 6.07) is 16.7. The molecule has 0 aromatic heterocycles. The van der Waals surface area contributed by atoms with Crippen LogP contribution in [0.15, 0.2) is 48.5 Å². The first-order valence-electron chi connectivity index (χ1n) is 11.4. The molecule has 31 heavy (non-hydrogen) atoms. The van der Waals surface area contributed by atoms with Crippen molar-refractivity contribution in [2.45, 2.75) is 83.5 Å². The second-order valence-corrected chi connectivity index (χ2v) is 9.14. The first-order valence-corrected chi connectivity index (χ1v) is 11.4. The Bertz CT molecular complexity index is 820. The van der Waals surface area contributed by atoms with Gasteiger partial charge in [-0.1, -0.05) is 62.4 Å². The summed E-state index contributed by atoms with van der Waals surface area (Å²) < 4.78 is 12.7. The summed E-state index contributed by atoms with van der Waals surface area (Å²) in [4.78, 5) is 12.7. The SMILES string of the molecule is CCc1ccc(C[C@H]2NC(=O)N[C@H](Cc3ccc(CC)cc3)[C@@H]3OC(C)(C)O[C@H]32)cc1. The molecule has 0 spiro atoms. The Hall–Kier alpha value is -2.37. The van der Waals surface area contributed by atoms with Crippen LogP contribution in [0.5, 0.6) is 0 Å². The van der Waals surface area contributed by atoms with Crippen LogP contribution in [-0.4, -0.2) is 36.1 Å². The number of benzene rings is 2. The van der Waals surface area contributed by atoms with Crippen LogP contribution in [0.25, 0.3) is 0 Å². The topological polar surface area (TPSA) is 59.6 Å². The summed E-state index contributed by atoms with van der Waals surface area (Å²) in [6.07, 6.45) is 2.99. The monoisotopic (exact) mass is 422 g/mol. The molecule has 0 radical (unpaired) electrons. The lowest BCUT2D eigenvalue weighted by atomic mass is 9.92. The zero-order valence-electron chi connectivity index (χ0n) is 19.0. The van der Waals surface area contributed by atoms with Crippen molar-refractivity contribution in [3.8, 4) is 0 Å². The van der Waals surface area contributed by atoms with Gasteiger partial charge in [-0.15, -0.1) is 0 Å². The van der Waals surface area contributed by atoms with Crippen molar-refractivity contribution >= 4 is 6.03 Å². The minimum atomic E-state index is -0.687. The van der Waals surface area contributed by atoms with E-state index in [1.54, 1.807) is 0 Å². The summed E-state index contributed by atoms with van der Waals surface area (Å²) in [7, 11) is 0. The second kappa shape index (κ2) is 9.01. The number of fused-ring (bicyclic) bond motifs is 1. The molecule has 2 aliphatic rings. The van der Waals surface area contributed by atoms with Crippen molar-refractivity contribution in [3.05, 3.63) is 70.8 Å². The van der Waals surface area contributed by atoms with Crippen molar-refractivity contribution in [2.75, 3.05) is 0 Å². The largest absolute Gasteiger partial charge is 0.342 e. The average Bonchev–Trinajstić information content (AvgIpc) is 3.04. The van der Waals surface area contributed by atoms with E-state index in [0.29, 0.717) is 12.8 Å². The quantitative estimate of drug-likeness (QED) is 0.735. The van der Waals surface area contributed by atoms with Gasteiger partial charge in [-0.05, 0) is 61.8 Å². The number of ether oxygens (including phenoxy) is 2. The van der Waals surface area contributed by atoms with Gasteiger partial charge in [-0.3, -0.25) is 0 Å². The summed E-state index contributed by atoms with van der Waals surface area (Å²) in [5.41, 5.74) is 4.99. The van der Waals surface area contributed by atoms with Gasteiger partial charge >= 0.3 is 6.03 Å². The van der Waals surface area contributed by atoms with E-state index in [1.165, 1.54) is 22.3 Å². The fraction of sp³-hybridized carbons (Fsp3) is 0.500. The molecule has 166 valence electrons. The third-order valence-corrected chi connectivity index (χ3v) is 6.36. The average molecular weight is 423 g/mol. The van der Waals surface area contributed by atoms with Gasteiger partial charge in [-0.25, -0.2) is 4.79 Å². The van der Waals surface area contributed by atoms with E-state index >= 15 is 0 Å². The van der Waals surface area contributed by atoms with Crippen LogP contribution >= 0.6 is 0 Å². The number of carbonyl (C=O) groups excluding carboxylic acids is 1. The smallest absolute Gasteiger partial charge is 0.315 e. The molecule has 5 heteroatoms. The number of aryl methyl sites for hydroxylation is 2. The predicted molar refractivity (Wildman–Crippen MR) is 122 cm³/mol. The number of hydrogen-bond donors (Lipinski definition) is 2. The molecule has 2 saturated heterocycles. The van der Waals surface area contributed by atoms with E-state index in [1.807, 2.05) is 13.8 Å². The lowest BCUT2D eigenvalue weighted by Gasteiger charge is -2.26. The van der Waals surface area contributed by atoms with Gasteiger partial charge in [0, 0.05) is 0 Å². The molecule has 2 fully saturated rings. The third-order valence-electron chi connectivity index (χ3n) is 6.36. The van der Waals surface area contributed by atoms with Crippen molar-refractivity contribution in [1.29, 1.82) is 0 Å². The molecule has 2 aromatic rings. The zero-order valence-corrected chi connectivity index (χ0v) is 19.0. The van der Waals surface area contributed by atoms with Gasteiger partial charge in [0.25, 0.3) is 0 Å². The van der Waals surface area contributed by atoms with E-state index in [4.69, 9.17) is 9.47 Å². The molecule has 4 rings (SSSR count). The highest BCUT2D eigenvalue weighted by molar-refractivity contribution is 5.75. The summed E-state index contributed by atoms with van der Waals surface area (Å²) in [6.45, 7) is 8.20. The molecule has 2 heterocycles. The van der Waals surface area contributed by atoms with E-state index in [0.717, 1.165) is 12.8 Å². The Kier molecular flexibility index (Phi) is 6.35. The van der Waals surface area contributed by atoms with E-state index in [-0.39, 0.29) is 30.3 Å². The van der Waals surface area contributed by atoms with Gasteiger partial charge in [-0.2, -0.15) is 0 Å². The van der Waals surface area contributed by atoms with Crippen LogP contribution in [0.4, 0.5) is 4.79 Å². The second-order valence-electron chi connectivity index (χ2n) is 9.14. The Morgan fingerprint density at radius 1 is 0.710 bits per heavy atom. The van der Waals surface area contributed by atoms with Crippen molar-refractivity contribution in [2.24, 2.45) is 0 Å². The van der Waals surface area contributed by atoms with Crippen LogP contribution in [0.1, 0.15) is 49.9 Å². The molecule has 0 bridgehead atoms. The number of hydrogen-bond acceptors (Lipinski definition) is 3. The van der Waals surface area contributed by atoms with Crippen LogP contribution in [0, 0.1) is 0 Å². The van der Waals surface area contributed by atoms with Crippen molar-refractivity contribution < 1.29 is 14.3 Å². The molecule has 0 saturated carbocycles. The fourth-order valence-electron chi connectivity index (χ4n) is 4.65. The number of amides is 2. The number of nitrogens with one attached hydrogen (secondary N) is 2. The normalized spacial score (nSPS) is 27.2. The first-order chi connectivity index (χ1) is 14.9. The highest BCUT2D eigenvalue weighted by Crippen LogP contribution is 2.34. The maximum absolute atomic E-state index is 12.7. The van der Waals surface area contributed by atoms with Crippen molar-refractivity contribution in [3.63, 3.8) is 0 Å². The Morgan fingerprint density at radius 3 is 1.42 bits per heavy atom. The molecular weight excluding hydrogens is 388 g/mol. The molecular formula is C26H34N2O3. The maximum Gasteiger partial charge on any atom is 0.315 e. The zero-order chi connectivity index (χ0) is 22.0. The maximum atomic E-state index is 12.7. The summed E-state index contributed by atoms with van der Waals surface area (Å²) >= 11 is 0. The third kappa shape index (κ3) is 5.10. The van der Waals surface area contributed by atoms with Crippen LogP contribution in [0.2, 0.25) is 0 Å². The molecule has 2 aromatic carbocycles. The van der Waals surface area contributed by atoms with Crippen molar-refractivity contribution in [1.82, 2.24) is 10.6 Å². The molecule has 5 nitrogen and oxygen atoms in total. The highest BCUT2D eigenvalue weighted by atomic mass is 16.8. The molecule has 4 atom stereocenters. The standard InChI is InChI=1S/C26H34N2O3/c1-5-17-7-11-19(12-8-17)15-21-23-24(31-26(3,4)30-23)22(28-25(29)27-21)16-20-13-9-18(6-2)10-14-20/h7-14,21-24H,5-6,15-16H2,1-4H3,(H2,27,28,29)/t21-,22-,23+,24+/m1/s1. The minimum absolute atomic E-state index is 0.160. The number of urea groups is 1. The Balaban J connectivity index is 1.56. The summed E-state index contributed by atoms with van der Waals surface area (Å²) in [5, 5.41) is 6.29. The molecule has 0 aliphatic carbocycles. The van der Waals surface area contributed by atoms with Gasteiger partial charge in [0.15, 0.2) is 5.79 Å². The van der Waals surface area contributed by atoms with E-state index < -0.39 is 5.79 Å². The Morgan fingerprint density at radius 2 is 1.06 bits per heavy atom.